The van der Waals surface area contributed by atoms with Crippen molar-refractivity contribution in [2.45, 2.75) is 0 Å². The molecule has 106 valence electrons. The van der Waals surface area contributed by atoms with Crippen molar-refractivity contribution in [3.63, 3.8) is 0 Å². The Morgan fingerprint density at radius 2 is 1.81 bits per heavy atom. The second kappa shape index (κ2) is 6.03. The molecule has 0 aliphatic carbocycles. The van der Waals surface area contributed by atoms with Crippen LogP contribution in [0.2, 0.25) is 0 Å². The number of methoxy groups -OCH3 is 1. The number of ether oxygens (including phenoxy) is 1. The Kier molecular flexibility index (Phi) is 4.12. The van der Waals surface area contributed by atoms with Crippen molar-refractivity contribution in [3.05, 3.63) is 57.5 Å². The molecule has 3 rings (SSSR count). The molecule has 0 N–H and O–H groups in total. The van der Waals surface area contributed by atoms with Crippen LogP contribution in [-0.2, 0) is 0 Å². The number of hydrogen-bond acceptors (Lipinski definition) is 3. The highest BCUT2D eigenvalue weighted by Gasteiger charge is 2.13. The third-order valence-corrected chi connectivity index (χ3v) is 4.04. The monoisotopic (exact) mass is 407 g/mol. The van der Waals surface area contributed by atoms with Crippen LogP contribution < -0.4 is 4.74 Å². The maximum absolute atomic E-state index is 5.48. The standard InChI is InChI=1S/C16H11Br2NO2/c1-20-15-6-5-12(18)8-13(15)16-9-14(19-21-16)10-3-2-4-11(17)7-10/h2-9H,1H3. The van der Waals surface area contributed by atoms with Gasteiger partial charge in [-0.05, 0) is 30.3 Å². The summed E-state index contributed by atoms with van der Waals surface area (Å²) >= 11 is 6.92. The predicted molar refractivity (Wildman–Crippen MR) is 89.3 cm³/mol. The van der Waals surface area contributed by atoms with Crippen molar-refractivity contribution in [3.8, 4) is 28.3 Å². The van der Waals surface area contributed by atoms with E-state index < -0.39 is 0 Å². The zero-order valence-corrected chi connectivity index (χ0v) is 14.3. The van der Waals surface area contributed by atoms with E-state index in [9.17, 15) is 0 Å². The van der Waals surface area contributed by atoms with Gasteiger partial charge in [0.15, 0.2) is 5.76 Å². The molecule has 1 heterocycles. The first-order valence-electron chi connectivity index (χ1n) is 6.24. The van der Waals surface area contributed by atoms with E-state index in [1.807, 2.05) is 48.5 Å². The topological polar surface area (TPSA) is 35.3 Å². The number of benzene rings is 2. The minimum Gasteiger partial charge on any atom is -0.496 e. The quantitative estimate of drug-likeness (QED) is 0.570. The molecule has 3 aromatic rings. The summed E-state index contributed by atoms with van der Waals surface area (Å²) in [6.45, 7) is 0. The van der Waals surface area contributed by atoms with Gasteiger partial charge < -0.3 is 9.26 Å². The van der Waals surface area contributed by atoms with Crippen LogP contribution in [0.25, 0.3) is 22.6 Å². The molecule has 1 aromatic heterocycles. The summed E-state index contributed by atoms with van der Waals surface area (Å²) in [7, 11) is 1.64. The number of halogens is 2. The van der Waals surface area contributed by atoms with Gasteiger partial charge in [-0.1, -0.05) is 49.1 Å². The molecule has 0 aliphatic heterocycles. The van der Waals surface area contributed by atoms with Crippen LogP contribution in [0.3, 0.4) is 0 Å². The Morgan fingerprint density at radius 3 is 2.57 bits per heavy atom. The molecule has 3 nitrogen and oxygen atoms in total. The van der Waals surface area contributed by atoms with Gasteiger partial charge in [0.1, 0.15) is 11.4 Å². The first-order valence-corrected chi connectivity index (χ1v) is 7.82. The molecule has 0 bridgehead atoms. The molecule has 0 unspecified atom stereocenters. The van der Waals surface area contributed by atoms with Crippen molar-refractivity contribution < 1.29 is 9.26 Å². The van der Waals surface area contributed by atoms with Crippen LogP contribution in [0.5, 0.6) is 5.75 Å². The maximum Gasteiger partial charge on any atom is 0.171 e. The van der Waals surface area contributed by atoms with Gasteiger partial charge in [-0.15, -0.1) is 0 Å². The van der Waals surface area contributed by atoms with Gasteiger partial charge in [0, 0.05) is 20.6 Å². The molecule has 0 radical (unpaired) electrons. The molecule has 0 amide bonds. The Labute approximate surface area is 139 Å². The fourth-order valence-electron chi connectivity index (χ4n) is 2.06. The Balaban J connectivity index is 2.04. The van der Waals surface area contributed by atoms with E-state index in [-0.39, 0.29) is 0 Å². The third kappa shape index (κ3) is 3.04. The predicted octanol–water partition coefficient (Wildman–Crippen LogP) is 5.54. The third-order valence-electron chi connectivity index (χ3n) is 3.06. The summed E-state index contributed by atoms with van der Waals surface area (Å²) in [5.74, 6) is 1.42. The summed E-state index contributed by atoms with van der Waals surface area (Å²) < 4.78 is 12.8. The molecule has 0 atom stereocenters. The van der Waals surface area contributed by atoms with E-state index in [0.717, 1.165) is 31.5 Å². The van der Waals surface area contributed by atoms with Crippen molar-refractivity contribution in [2.24, 2.45) is 0 Å². The number of hydrogen-bond donors (Lipinski definition) is 0. The molecule has 21 heavy (non-hydrogen) atoms. The molecule has 0 spiro atoms. The highest BCUT2D eigenvalue weighted by atomic mass is 79.9. The zero-order valence-electron chi connectivity index (χ0n) is 11.1. The van der Waals surface area contributed by atoms with E-state index in [1.165, 1.54) is 0 Å². The van der Waals surface area contributed by atoms with Crippen LogP contribution >= 0.6 is 31.9 Å². The smallest absolute Gasteiger partial charge is 0.171 e. The molecule has 0 saturated carbocycles. The maximum atomic E-state index is 5.48. The van der Waals surface area contributed by atoms with E-state index in [2.05, 4.69) is 37.0 Å². The summed E-state index contributed by atoms with van der Waals surface area (Å²) in [5.41, 5.74) is 2.64. The van der Waals surface area contributed by atoms with Gasteiger partial charge in [0.05, 0.1) is 12.7 Å². The Hall–Kier alpha value is -1.59. The first kappa shape index (κ1) is 14.4. The van der Waals surface area contributed by atoms with Gasteiger partial charge in [-0.2, -0.15) is 0 Å². The zero-order chi connectivity index (χ0) is 14.8. The summed E-state index contributed by atoms with van der Waals surface area (Å²) in [6, 6.07) is 15.6. The minimum atomic E-state index is 0.670. The lowest BCUT2D eigenvalue weighted by atomic mass is 10.1. The lowest BCUT2D eigenvalue weighted by Crippen LogP contribution is -1.86. The largest absolute Gasteiger partial charge is 0.496 e. The molecule has 0 saturated heterocycles. The minimum absolute atomic E-state index is 0.670. The van der Waals surface area contributed by atoms with E-state index >= 15 is 0 Å². The van der Waals surface area contributed by atoms with E-state index in [0.29, 0.717) is 5.76 Å². The normalized spacial score (nSPS) is 10.6. The van der Waals surface area contributed by atoms with Gasteiger partial charge in [-0.3, -0.25) is 0 Å². The molecular formula is C16H11Br2NO2. The average molecular weight is 409 g/mol. The second-order valence-electron chi connectivity index (χ2n) is 4.43. The summed E-state index contributed by atoms with van der Waals surface area (Å²) in [5, 5.41) is 4.14. The van der Waals surface area contributed by atoms with Crippen molar-refractivity contribution in [2.75, 3.05) is 7.11 Å². The lowest BCUT2D eigenvalue weighted by Gasteiger charge is -2.05. The lowest BCUT2D eigenvalue weighted by molar-refractivity contribution is 0.406. The average Bonchev–Trinajstić information content (AvgIpc) is 2.97. The Morgan fingerprint density at radius 1 is 1.00 bits per heavy atom. The second-order valence-corrected chi connectivity index (χ2v) is 6.26. The SMILES string of the molecule is COc1ccc(Br)cc1-c1cc(-c2cccc(Br)c2)no1. The first-order chi connectivity index (χ1) is 10.2. The van der Waals surface area contributed by atoms with Crippen molar-refractivity contribution >= 4 is 31.9 Å². The van der Waals surface area contributed by atoms with Crippen molar-refractivity contribution in [1.82, 2.24) is 5.16 Å². The number of rotatable bonds is 3. The van der Waals surface area contributed by atoms with Crippen LogP contribution in [0.1, 0.15) is 0 Å². The van der Waals surface area contributed by atoms with Crippen molar-refractivity contribution in [1.29, 1.82) is 0 Å². The highest BCUT2D eigenvalue weighted by Crippen LogP contribution is 2.35. The molecule has 0 fully saturated rings. The van der Waals surface area contributed by atoms with Crippen LogP contribution in [0.4, 0.5) is 0 Å². The molecule has 5 heteroatoms. The fraction of sp³-hybridized carbons (Fsp3) is 0.0625. The van der Waals surface area contributed by atoms with Crippen LogP contribution in [-0.4, -0.2) is 12.3 Å². The molecule has 0 aliphatic rings. The molecule has 2 aromatic carbocycles. The van der Waals surface area contributed by atoms with Gasteiger partial charge in [-0.25, -0.2) is 0 Å². The number of aromatic nitrogens is 1. The Bertz CT molecular complexity index is 783. The van der Waals surface area contributed by atoms with E-state index in [1.54, 1.807) is 7.11 Å². The summed E-state index contributed by atoms with van der Waals surface area (Å²) in [6.07, 6.45) is 0. The van der Waals surface area contributed by atoms with Crippen LogP contribution in [0.15, 0.2) is 62.0 Å². The van der Waals surface area contributed by atoms with Gasteiger partial charge in [0.25, 0.3) is 0 Å². The van der Waals surface area contributed by atoms with E-state index in [4.69, 9.17) is 9.26 Å². The fourth-order valence-corrected chi connectivity index (χ4v) is 2.82. The van der Waals surface area contributed by atoms with Gasteiger partial charge >= 0.3 is 0 Å². The van der Waals surface area contributed by atoms with Crippen LogP contribution in [0, 0.1) is 0 Å². The van der Waals surface area contributed by atoms with Gasteiger partial charge in [0.2, 0.25) is 0 Å². The summed E-state index contributed by atoms with van der Waals surface area (Å²) in [4.78, 5) is 0. The highest BCUT2D eigenvalue weighted by molar-refractivity contribution is 9.10. The molecular weight excluding hydrogens is 398 g/mol. The number of nitrogens with zero attached hydrogens (tertiary/aromatic N) is 1.